The molecule has 0 unspecified atom stereocenters. The predicted molar refractivity (Wildman–Crippen MR) is 87.7 cm³/mol. The van der Waals surface area contributed by atoms with Crippen molar-refractivity contribution >= 4 is 17.7 Å². The van der Waals surface area contributed by atoms with Crippen molar-refractivity contribution in [3.8, 4) is 0 Å². The summed E-state index contributed by atoms with van der Waals surface area (Å²) in [7, 11) is 0. The number of carbonyl (C=O) groups excluding carboxylic acids is 1. The van der Waals surface area contributed by atoms with Gasteiger partial charge in [-0.25, -0.2) is 0 Å². The number of rotatable bonds is 4. The molecule has 1 aromatic carbocycles. The number of carbonyl (C=O) groups is 1. The van der Waals surface area contributed by atoms with Gasteiger partial charge in [0.2, 0.25) is 5.91 Å². The van der Waals surface area contributed by atoms with Gasteiger partial charge in [-0.3, -0.25) is 9.69 Å². The van der Waals surface area contributed by atoms with Gasteiger partial charge < -0.3 is 10.2 Å². The molecule has 3 rings (SSSR count). The molecule has 1 aromatic rings. The molecule has 1 N–H and O–H groups in total. The van der Waals surface area contributed by atoms with E-state index in [2.05, 4.69) is 10.2 Å². The molecule has 132 valence electrons. The third-order valence-electron chi connectivity index (χ3n) is 4.33. The number of halogens is 3. The van der Waals surface area contributed by atoms with Crippen LogP contribution in [0.15, 0.2) is 24.3 Å². The molecule has 2 saturated heterocycles. The average molecular weight is 359 g/mol. The second-order valence-electron chi connectivity index (χ2n) is 5.97. The fraction of sp³-hybridized carbons (Fsp3) is 0.562. The van der Waals surface area contributed by atoms with Gasteiger partial charge in [0.15, 0.2) is 0 Å². The Morgan fingerprint density at radius 1 is 1.21 bits per heavy atom. The zero-order chi connectivity index (χ0) is 17.2. The van der Waals surface area contributed by atoms with Gasteiger partial charge in [-0.1, -0.05) is 12.1 Å². The Hall–Kier alpha value is -1.25. The summed E-state index contributed by atoms with van der Waals surface area (Å²) in [5.41, 5.74) is -0.122. The third kappa shape index (κ3) is 4.04. The Labute approximate surface area is 143 Å². The van der Waals surface area contributed by atoms with Crippen LogP contribution in [0.1, 0.15) is 16.5 Å². The van der Waals surface area contributed by atoms with Crippen molar-refractivity contribution in [2.24, 2.45) is 0 Å². The first-order valence-corrected chi connectivity index (χ1v) is 9.01. The average Bonchev–Trinajstić information content (AvgIpc) is 2.94. The smallest absolute Gasteiger partial charge is 0.325 e. The number of thioether (sulfide) groups is 1. The van der Waals surface area contributed by atoms with E-state index in [-0.39, 0.29) is 11.3 Å². The Morgan fingerprint density at radius 2 is 1.96 bits per heavy atom. The minimum absolute atomic E-state index is 0.00227. The first-order chi connectivity index (χ1) is 11.4. The molecular formula is C16H20F3N3OS. The van der Waals surface area contributed by atoms with E-state index in [1.807, 2.05) is 0 Å². The van der Waals surface area contributed by atoms with Crippen LogP contribution < -0.4 is 5.32 Å². The van der Waals surface area contributed by atoms with Crippen molar-refractivity contribution in [1.82, 2.24) is 15.1 Å². The summed E-state index contributed by atoms with van der Waals surface area (Å²) in [6.07, 6.45) is -4.37. The van der Waals surface area contributed by atoms with E-state index < -0.39 is 11.7 Å². The van der Waals surface area contributed by atoms with E-state index in [4.69, 9.17) is 0 Å². The Kier molecular flexibility index (Phi) is 5.36. The van der Waals surface area contributed by atoms with Crippen LogP contribution in [0.2, 0.25) is 0 Å². The molecule has 0 spiro atoms. The maximum atomic E-state index is 12.9. The summed E-state index contributed by atoms with van der Waals surface area (Å²) in [4.78, 5) is 16.1. The summed E-state index contributed by atoms with van der Waals surface area (Å²) in [5.74, 6) is 0.320. The SMILES string of the molecule is O=C1CS[C@H](c2cccc(C(F)(F)F)c2)N1CCN1CCNCC1. The lowest BCUT2D eigenvalue weighted by Crippen LogP contribution is -2.46. The monoisotopic (exact) mass is 359 g/mol. The number of benzene rings is 1. The predicted octanol–water partition coefficient (Wildman–Crippen LogP) is 2.18. The number of hydrogen-bond acceptors (Lipinski definition) is 4. The van der Waals surface area contributed by atoms with Crippen molar-refractivity contribution in [2.45, 2.75) is 11.6 Å². The highest BCUT2D eigenvalue weighted by atomic mass is 32.2. The number of amides is 1. The summed E-state index contributed by atoms with van der Waals surface area (Å²) in [6.45, 7) is 5.03. The quantitative estimate of drug-likeness (QED) is 0.894. The fourth-order valence-corrected chi connectivity index (χ4v) is 4.23. The first kappa shape index (κ1) is 17.6. The maximum absolute atomic E-state index is 12.9. The molecule has 0 aliphatic carbocycles. The summed E-state index contributed by atoms with van der Waals surface area (Å²) in [5, 5.41) is 2.94. The van der Waals surface area contributed by atoms with Crippen LogP contribution in [0.5, 0.6) is 0 Å². The van der Waals surface area contributed by atoms with Gasteiger partial charge in [0.05, 0.1) is 11.3 Å². The highest BCUT2D eigenvalue weighted by Crippen LogP contribution is 2.40. The largest absolute Gasteiger partial charge is 0.416 e. The molecule has 2 aliphatic heterocycles. The zero-order valence-corrected chi connectivity index (χ0v) is 14.0. The van der Waals surface area contributed by atoms with Gasteiger partial charge in [0.25, 0.3) is 0 Å². The van der Waals surface area contributed by atoms with Crippen molar-refractivity contribution in [3.63, 3.8) is 0 Å². The molecular weight excluding hydrogens is 339 g/mol. The van der Waals surface area contributed by atoms with Gasteiger partial charge >= 0.3 is 6.18 Å². The molecule has 4 nitrogen and oxygen atoms in total. The second kappa shape index (κ2) is 7.33. The minimum atomic E-state index is -4.37. The number of hydrogen-bond donors (Lipinski definition) is 1. The summed E-state index contributed by atoms with van der Waals surface area (Å²) in [6, 6.07) is 5.31. The van der Waals surface area contributed by atoms with Crippen molar-refractivity contribution in [1.29, 1.82) is 0 Å². The molecule has 8 heteroatoms. The molecule has 2 fully saturated rings. The van der Waals surface area contributed by atoms with Gasteiger partial charge in [-0.05, 0) is 17.7 Å². The van der Waals surface area contributed by atoms with Gasteiger partial charge in [0.1, 0.15) is 5.37 Å². The maximum Gasteiger partial charge on any atom is 0.416 e. The van der Waals surface area contributed by atoms with E-state index in [0.717, 1.165) is 44.9 Å². The third-order valence-corrected chi connectivity index (χ3v) is 5.59. The number of nitrogens with zero attached hydrogens (tertiary/aromatic N) is 2. The Morgan fingerprint density at radius 3 is 2.67 bits per heavy atom. The van der Waals surface area contributed by atoms with Crippen molar-refractivity contribution in [3.05, 3.63) is 35.4 Å². The molecule has 0 bridgehead atoms. The molecule has 2 aliphatic rings. The Balaban J connectivity index is 1.70. The number of alkyl halides is 3. The number of piperazine rings is 1. The van der Waals surface area contributed by atoms with E-state index >= 15 is 0 Å². The second-order valence-corrected chi connectivity index (χ2v) is 7.03. The molecule has 24 heavy (non-hydrogen) atoms. The van der Waals surface area contributed by atoms with Gasteiger partial charge in [-0.2, -0.15) is 13.2 Å². The minimum Gasteiger partial charge on any atom is -0.325 e. The summed E-state index contributed by atoms with van der Waals surface area (Å²) < 4.78 is 38.8. The standard InChI is InChI=1S/C16H20F3N3OS/c17-16(18,19)13-3-1-2-12(10-13)15-22(14(23)11-24-15)9-8-21-6-4-20-5-7-21/h1-3,10,15,20H,4-9,11H2/t15-/m1/s1. The topological polar surface area (TPSA) is 35.6 Å². The van der Waals surface area contributed by atoms with E-state index in [1.54, 1.807) is 11.0 Å². The van der Waals surface area contributed by atoms with Crippen molar-refractivity contribution in [2.75, 3.05) is 45.0 Å². The normalized spacial score (nSPS) is 23.0. The summed E-state index contributed by atoms with van der Waals surface area (Å²) >= 11 is 1.40. The lowest BCUT2D eigenvalue weighted by molar-refractivity contribution is -0.137. The lowest BCUT2D eigenvalue weighted by Gasteiger charge is -2.31. The van der Waals surface area contributed by atoms with Crippen LogP contribution in [0.3, 0.4) is 0 Å². The van der Waals surface area contributed by atoms with Gasteiger partial charge in [-0.15, -0.1) is 11.8 Å². The van der Waals surface area contributed by atoms with Crippen LogP contribution in [-0.2, 0) is 11.0 Å². The molecule has 1 amide bonds. The van der Waals surface area contributed by atoms with E-state index in [9.17, 15) is 18.0 Å². The molecule has 0 saturated carbocycles. The van der Waals surface area contributed by atoms with Crippen LogP contribution in [-0.4, -0.2) is 60.7 Å². The Bertz CT molecular complexity index is 590. The first-order valence-electron chi connectivity index (χ1n) is 7.96. The van der Waals surface area contributed by atoms with E-state index in [1.165, 1.54) is 17.8 Å². The molecule has 0 radical (unpaired) electrons. The van der Waals surface area contributed by atoms with Crippen molar-refractivity contribution < 1.29 is 18.0 Å². The molecule has 0 aromatic heterocycles. The van der Waals surface area contributed by atoms with Crippen LogP contribution in [0, 0.1) is 0 Å². The van der Waals surface area contributed by atoms with E-state index in [0.29, 0.717) is 17.9 Å². The number of nitrogens with one attached hydrogen (secondary N) is 1. The lowest BCUT2D eigenvalue weighted by atomic mass is 10.1. The highest BCUT2D eigenvalue weighted by Gasteiger charge is 2.35. The fourth-order valence-electron chi connectivity index (χ4n) is 3.02. The van der Waals surface area contributed by atoms with Crippen LogP contribution in [0.25, 0.3) is 0 Å². The zero-order valence-electron chi connectivity index (χ0n) is 13.2. The van der Waals surface area contributed by atoms with Gasteiger partial charge in [0, 0.05) is 39.3 Å². The van der Waals surface area contributed by atoms with Crippen LogP contribution in [0.4, 0.5) is 13.2 Å². The molecule has 1 atom stereocenters. The van der Waals surface area contributed by atoms with Crippen LogP contribution >= 0.6 is 11.8 Å². The molecule has 2 heterocycles. The highest BCUT2D eigenvalue weighted by molar-refractivity contribution is 8.00.